The number of piperidine rings is 1. The summed E-state index contributed by atoms with van der Waals surface area (Å²) in [7, 11) is 0. The van der Waals surface area contributed by atoms with Crippen LogP contribution in [0.5, 0.6) is 0 Å². The van der Waals surface area contributed by atoms with Crippen LogP contribution in [-0.2, 0) is 11.2 Å². The predicted molar refractivity (Wildman–Crippen MR) is 97.3 cm³/mol. The van der Waals surface area contributed by atoms with Gasteiger partial charge in [-0.05, 0) is 67.8 Å². The van der Waals surface area contributed by atoms with E-state index in [1.165, 1.54) is 24.0 Å². The highest BCUT2D eigenvalue weighted by atomic mass is 35.5. The minimum atomic E-state index is 0. The van der Waals surface area contributed by atoms with Crippen LogP contribution >= 0.6 is 24.0 Å². The van der Waals surface area contributed by atoms with Gasteiger partial charge in [0.15, 0.2) is 0 Å². The molecule has 1 heterocycles. The zero-order valence-corrected chi connectivity index (χ0v) is 15.2. The molecule has 0 spiro atoms. The van der Waals surface area contributed by atoms with Gasteiger partial charge in [0.25, 0.3) is 0 Å². The molecule has 0 bridgehead atoms. The van der Waals surface area contributed by atoms with Crippen LogP contribution in [0, 0.1) is 11.8 Å². The Hall–Kier alpha value is -0.770. The molecule has 0 aromatic heterocycles. The summed E-state index contributed by atoms with van der Waals surface area (Å²) >= 11 is 6.24. The summed E-state index contributed by atoms with van der Waals surface area (Å²) in [6.07, 6.45) is 4.94. The summed E-state index contributed by atoms with van der Waals surface area (Å²) in [5, 5.41) is 7.43. The smallest absolute Gasteiger partial charge is 0.220 e. The Morgan fingerprint density at radius 1 is 1.35 bits per heavy atom. The van der Waals surface area contributed by atoms with Crippen molar-refractivity contribution in [3.05, 3.63) is 34.3 Å². The van der Waals surface area contributed by atoms with Crippen molar-refractivity contribution >= 4 is 29.9 Å². The summed E-state index contributed by atoms with van der Waals surface area (Å²) in [4.78, 5) is 12.4. The average Bonchev–Trinajstić information content (AvgIpc) is 2.92. The molecule has 2 N–H and O–H groups in total. The van der Waals surface area contributed by atoms with Crippen molar-refractivity contribution < 1.29 is 4.79 Å². The number of rotatable bonds is 4. The van der Waals surface area contributed by atoms with Crippen LogP contribution in [0.2, 0.25) is 5.02 Å². The van der Waals surface area contributed by atoms with Crippen molar-refractivity contribution in [3.63, 3.8) is 0 Å². The Labute approximate surface area is 150 Å². The van der Waals surface area contributed by atoms with Gasteiger partial charge in [0.1, 0.15) is 0 Å². The number of benzene rings is 1. The maximum absolute atomic E-state index is 12.4. The van der Waals surface area contributed by atoms with Gasteiger partial charge in [-0.1, -0.05) is 30.7 Å². The summed E-state index contributed by atoms with van der Waals surface area (Å²) in [5.74, 6) is 1.32. The van der Waals surface area contributed by atoms with E-state index in [0.717, 1.165) is 31.0 Å². The molecule has 1 aliphatic carbocycles. The standard InChI is InChI=1S/C18H25ClN2O.ClH/c1-12(13-7-9-20-10-8-13)11-18(22)21-17-6-5-14-15(17)3-2-4-16(14)19;/h2-4,12-13,17,20H,5-11H2,1H3,(H,21,22);1H. The van der Waals surface area contributed by atoms with Gasteiger partial charge in [0, 0.05) is 11.4 Å². The van der Waals surface area contributed by atoms with Crippen molar-refractivity contribution in [3.8, 4) is 0 Å². The molecule has 3 rings (SSSR count). The second-order valence-electron chi connectivity index (χ2n) is 6.74. The van der Waals surface area contributed by atoms with E-state index in [1.54, 1.807) is 0 Å². The van der Waals surface area contributed by atoms with Gasteiger partial charge < -0.3 is 10.6 Å². The van der Waals surface area contributed by atoms with E-state index in [1.807, 2.05) is 12.1 Å². The van der Waals surface area contributed by atoms with Gasteiger partial charge >= 0.3 is 0 Å². The molecule has 128 valence electrons. The molecule has 1 aliphatic heterocycles. The Morgan fingerprint density at radius 3 is 2.83 bits per heavy atom. The zero-order valence-electron chi connectivity index (χ0n) is 13.6. The number of carbonyl (C=O) groups is 1. The third-order valence-corrected chi connectivity index (χ3v) is 5.60. The third kappa shape index (κ3) is 4.40. The SMILES string of the molecule is CC(CC(=O)NC1CCc2c(Cl)cccc21)C1CCNCC1.Cl. The van der Waals surface area contributed by atoms with Crippen LogP contribution in [0.15, 0.2) is 18.2 Å². The maximum atomic E-state index is 12.4. The highest BCUT2D eigenvalue weighted by Crippen LogP contribution is 2.35. The quantitative estimate of drug-likeness (QED) is 0.858. The number of halogens is 2. The topological polar surface area (TPSA) is 41.1 Å². The second-order valence-corrected chi connectivity index (χ2v) is 7.14. The van der Waals surface area contributed by atoms with E-state index in [0.29, 0.717) is 18.3 Å². The minimum absolute atomic E-state index is 0. The second kappa shape index (κ2) is 8.36. The van der Waals surface area contributed by atoms with Gasteiger partial charge in [-0.15, -0.1) is 12.4 Å². The van der Waals surface area contributed by atoms with Gasteiger partial charge in [0.05, 0.1) is 6.04 Å². The van der Waals surface area contributed by atoms with Crippen LogP contribution in [0.4, 0.5) is 0 Å². The Bertz CT molecular complexity index is 544. The van der Waals surface area contributed by atoms with E-state index in [9.17, 15) is 4.79 Å². The molecule has 23 heavy (non-hydrogen) atoms. The fourth-order valence-electron chi connectivity index (χ4n) is 3.89. The van der Waals surface area contributed by atoms with Crippen LogP contribution in [0.1, 0.15) is 49.8 Å². The first-order valence-corrected chi connectivity index (χ1v) is 8.80. The molecule has 0 radical (unpaired) electrons. The molecule has 1 aromatic carbocycles. The third-order valence-electron chi connectivity index (χ3n) is 5.24. The minimum Gasteiger partial charge on any atom is -0.349 e. The molecule has 1 aromatic rings. The monoisotopic (exact) mass is 356 g/mol. The Balaban J connectivity index is 0.00000192. The molecular formula is C18H26Cl2N2O. The number of hydrogen-bond acceptors (Lipinski definition) is 2. The van der Waals surface area contributed by atoms with Crippen molar-refractivity contribution in [2.24, 2.45) is 11.8 Å². The normalized spacial score (nSPS) is 22.1. The summed E-state index contributed by atoms with van der Waals surface area (Å²) in [6, 6.07) is 6.14. The summed E-state index contributed by atoms with van der Waals surface area (Å²) in [5.41, 5.74) is 2.41. The molecule has 1 amide bonds. The van der Waals surface area contributed by atoms with Crippen molar-refractivity contribution in [2.75, 3.05) is 13.1 Å². The Kier molecular flexibility index (Phi) is 6.75. The lowest BCUT2D eigenvalue weighted by Crippen LogP contribution is -2.34. The van der Waals surface area contributed by atoms with E-state index >= 15 is 0 Å². The fraction of sp³-hybridized carbons (Fsp3) is 0.611. The predicted octanol–water partition coefficient (Wildman–Crippen LogP) is 3.89. The molecule has 1 fully saturated rings. The summed E-state index contributed by atoms with van der Waals surface area (Å²) < 4.78 is 0. The molecule has 0 saturated carbocycles. The molecule has 2 atom stereocenters. The van der Waals surface area contributed by atoms with Crippen molar-refractivity contribution in [1.82, 2.24) is 10.6 Å². The van der Waals surface area contributed by atoms with Crippen LogP contribution in [0.25, 0.3) is 0 Å². The fourth-order valence-corrected chi connectivity index (χ4v) is 4.16. The molecule has 5 heteroatoms. The highest BCUT2D eigenvalue weighted by Gasteiger charge is 2.27. The Morgan fingerprint density at radius 2 is 2.09 bits per heavy atom. The first kappa shape index (κ1) is 18.6. The largest absolute Gasteiger partial charge is 0.349 e. The lowest BCUT2D eigenvalue weighted by atomic mass is 9.84. The highest BCUT2D eigenvalue weighted by molar-refractivity contribution is 6.31. The van der Waals surface area contributed by atoms with E-state index < -0.39 is 0 Å². The van der Waals surface area contributed by atoms with Crippen LogP contribution in [0.3, 0.4) is 0 Å². The zero-order chi connectivity index (χ0) is 15.5. The van der Waals surface area contributed by atoms with Gasteiger partial charge in [-0.2, -0.15) is 0 Å². The number of fused-ring (bicyclic) bond motifs is 1. The molecule has 3 nitrogen and oxygen atoms in total. The number of carbonyl (C=O) groups excluding carboxylic acids is 1. The average molecular weight is 357 g/mol. The van der Waals surface area contributed by atoms with Crippen molar-refractivity contribution in [1.29, 1.82) is 0 Å². The molecule has 1 saturated heterocycles. The van der Waals surface area contributed by atoms with E-state index in [4.69, 9.17) is 11.6 Å². The number of amides is 1. The number of nitrogens with one attached hydrogen (secondary N) is 2. The van der Waals surface area contributed by atoms with Crippen LogP contribution in [-0.4, -0.2) is 19.0 Å². The van der Waals surface area contributed by atoms with Crippen LogP contribution < -0.4 is 10.6 Å². The first-order chi connectivity index (χ1) is 10.6. The molecular weight excluding hydrogens is 331 g/mol. The van der Waals surface area contributed by atoms with Crippen molar-refractivity contribution in [2.45, 2.75) is 45.1 Å². The number of hydrogen-bond donors (Lipinski definition) is 2. The lowest BCUT2D eigenvalue weighted by molar-refractivity contribution is -0.123. The first-order valence-electron chi connectivity index (χ1n) is 8.42. The maximum Gasteiger partial charge on any atom is 0.220 e. The van der Waals surface area contributed by atoms with E-state index in [-0.39, 0.29) is 24.4 Å². The van der Waals surface area contributed by atoms with Gasteiger partial charge in [-0.25, -0.2) is 0 Å². The van der Waals surface area contributed by atoms with Gasteiger partial charge in [-0.3, -0.25) is 4.79 Å². The van der Waals surface area contributed by atoms with Gasteiger partial charge in [0.2, 0.25) is 5.91 Å². The lowest BCUT2D eigenvalue weighted by Gasteiger charge is -2.28. The molecule has 2 aliphatic rings. The molecule has 2 unspecified atom stereocenters. The van der Waals surface area contributed by atoms with E-state index in [2.05, 4.69) is 23.6 Å². The summed E-state index contributed by atoms with van der Waals surface area (Å²) in [6.45, 7) is 4.39.